The number of pyridine rings is 1. The number of aryl methyl sites for hydroxylation is 2. The van der Waals surface area contributed by atoms with Crippen LogP contribution in [0.15, 0.2) is 47.0 Å². The van der Waals surface area contributed by atoms with Crippen LogP contribution in [-0.2, 0) is 4.79 Å². The molecule has 8 heteroatoms. The van der Waals surface area contributed by atoms with Crippen molar-refractivity contribution in [2.24, 2.45) is 0 Å². The van der Waals surface area contributed by atoms with Crippen molar-refractivity contribution >= 4 is 28.5 Å². The van der Waals surface area contributed by atoms with Gasteiger partial charge < -0.3 is 15.1 Å². The second kappa shape index (κ2) is 9.13. The Morgan fingerprint density at radius 2 is 1.85 bits per heavy atom. The average Bonchev–Trinajstić information content (AvgIpc) is 3.35. The molecule has 0 fully saturated rings. The van der Waals surface area contributed by atoms with Crippen molar-refractivity contribution in [3.63, 3.8) is 0 Å². The highest BCUT2D eigenvalue weighted by Crippen LogP contribution is 2.30. The number of rotatable bonds is 6. The molecule has 0 aliphatic rings. The predicted octanol–water partition coefficient (Wildman–Crippen LogP) is 5.34. The SMILES string of the molecule is CC(=O)Nc1cccc(C(C)NC(=O)c2cc(-c3cc(C)oc3C)nc3c2cnn3C(C)C)c1. The molecule has 1 atom stereocenters. The molecule has 0 aliphatic heterocycles. The van der Waals surface area contributed by atoms with Gasteiger partial charge in [-0.25, -0.2) is 9.67 Å². The van der Waals surface area contributed by atoms with Gasteiger partial charge in [0.2, 0.25) is 5.91 Å². The second-order valence-electron chi connectivity index (χ2n) is 8.80. The number of nitrogens with one attached hydrogen (secondary N) is 2. The van der Waals surface area contributed by atoms with Crippen LogP contribution in [0.25, 0.3) is 22.3 Å². The van der Waals surface area contributed by atoms with E-state index >= 15 is 0 Å². The van der Waals surface area contributed by atoms with Crippen molar-refractivity contribution in [1.82, 2.24) is 20.1 Å². The number of hydrogen-bond acceptors (Lipinski definition) is 5. The van der Waals surface area contributed by atoms with Gasteiger partial charge in [0.05, 0.1) is 28.9 Å². The van der Waals surface area contributed by atoms with Gasteiger partial charge in [0.25, 0.3) is 5.91 Å². The Morgan fingerprint density at radius 1 is 1.09 bits per heavy atom. The van der Waals surface area contributed by atoms with E-state index in [1.807, 2.05) is 69.6 Å². The Labute approximate surface area is 198 Å². The topological polar surface area (TPSA) is 102 Å². The highest BCUT2D eigenvalue weighted by Gasteiger charge is 2.21. The van der Waals surface area contributed by atoms with Crippen LogP contribution in [0, 0.1) is 13.8 Å². The van der Waals surface area contributed by atoms with Crippen molar-refractivity contribution in [3.05, 3.63) is 65.2 Å². The minimum absolute atomic E-state index is 0.0822. The molecular formula is C26H29N5O3. The Kier molecular flexibility index (Phi) is 6.24. The van der Waals surface area contributed by atoms with Gasteiger partial charge in [-0.1, -0.05) is 12.1 Å². The van der Waals surface area contributed by atoms with Gasteiger partial charge in [-0.15, -0.1) is 0 Å². The van der Waals surface area contributed by atoms with Gasteiger partial charge in [-0.3, -0.25) is 9.59 Å². The number of hydrogen-bond donors (Lipinski definition) is 2. The van der Waals surface area contributed by atoms with Gasteiger partial charge in [-0.2, -0.15) is 5.10 Å². The number of anilines is 1. The van der Waals surface area contributed by atoms with Crippen LogP contribution < -0.4 is 10.6 Å². The Bertz CT molecular complexity index is 1380. The monoisotopic (exact) mass is 459 g/mol. The van der Waals surface area contributed by atoms with Gasteiger partial charge >= 0.3 is 0 Å². The minimum Gasteiger partial charge on any atom is -0.466 e. The number of nitrogens with zero attached hydrogens (tertiary/aromatic N) is 3. The summed E-state index contributed by atoms with van der Waals surface area (Å²) in [5.74, 6) is 1.15. The van der Waals surface area contributed by atoms with Crippen molar-refractivity contribution in [2.75, 3.05) is 5.32 Å². The maximum atomic E-state index is 13.5. The summed E-state index contributed by atoms with van der Waals surface area (Å²) in [6.45, 7) is 11.2. The number of aromatic nitrogens is 3. The van der Waals surface area contributed by atoms with Gasteiger partial charge in [0.1, 0.15) is 11.5 Å². The molecule has 0 saturated heterocycles. The summed E-state index contributed by atoms with van der Waals surface area (Å²) < 4.78 is 7.53. The van der Waals surface area contributed by atoms with E-state index in [0.29, 0.717) is 28.0 Å². The largest absolute Gasteiger partial charge is 0.466 e. The molecule has 0 saturated carbocycles. The molecule has 4 rings (SSSR count). The maximum Gasteiger partial charge on any atom is 0.252 e. The van der Waals surface area contributed by atoms with E-state index < -0.39 is 0 Å². The zero-order valence-corrected chi connectivity index (χ0v) is 20.3. The third-order valence-corrected chi connectivity index (χ3v) is 5.67. The molecule has 176 valence electrons. The van der Waals surface area contributed by atoms with Crippen LogP contribution in [0.1, 0.15) is 67.2 Å². The van der Waals surface area contributed by atoms with E-state index in [2.05, 4.69) is 15.7 Å². The molecule has 3 aromatic heterocycles. The van der Waals surface area contributed by atoms with Crippen LogP contribution in [0.3, 0.4) is 0 Å². The van der Waals surface area contributed by atoms with Crippen LogP contribution in [0.2, 0.25) is 0 Å². The zero-order valence-electron chi connectivity index (χ0n) is 20.3. The first-order chi connectivity index (χ1) is 16.1. The fourth-order valence-corrected chi connectivity index (χ4v) is 4.05. The minimum atomic E-state index is -0.286. The fraction of sp³-hybridized carbons (Fsp3) is 0.308. The summed E-state index contributed by atoms with van der Waals surface area (Å²) in [5.41, 5.74) is 4.22. The Hall–Kier alpha value is -3.94. The Balaban J connectivity index is 1.73. The Morgan fingerprint density at radius 3 is 2.50 bits per heavy atom. The van der Waals surface area contributed by atoms with Crippen LogP contribution >= 0.6 is 0 Å². The van der Waals surface area contributed by atoms with E-state index in [4.69, 9.17) is 9.40 Å². The number of carbonyl (C=O) groups is 2. The third kappa shape index (κ3) is 4.57. The predicted molar refractivity (Wildman–Crippen MR) is 132 cm³/mol. The normalized spacial score (nSPS) is 12.2. The summed E-state index contributed by atoms with van der Waals surface area (Å²) in [6.07, 6.45) is 1.69. The molecule has 8 nitrogen and oxygen atoms in total. The number of fused-ring (bicyclic) bond motifs is 1. The van der Waals surface area contributed by atoms with Gasteiger partial charge in [0, 0.05) is 24.2 Å². The third-order valence-electron chi connectivity index (χ3n) is 5.67. The summed E-state index contributed by atoms with van der Waals surface area (Å²) >= 11 is 0. The zero-order chi connectivity index (χ0) is 24.6. The van der Waals surface area contributed by atoms with Crippen molar-refractivity contribution in [2.45, 2.75) is 53.6 Å². The van der Waals surface area contributed by atoms with E-state index in [9.17, 15) is 9.59 Å². The first kappa shape index (κ1) is 23.2. The lowest BCUT2D eigenvalue weighted by Gasteiger charge is -2.16. The van der Waals surface area contributed by atoms with E-state index in [1.54, 1.807) is 12.3 Å². The molecule has 1 unspecified atom stereocenters. The second-order valence-corrected chi connectivity index (χ2v) is 8.80. The summed E-state index contributed by atoms with van der Waals surface area (Å²) in [4.78, 5) is 29.7. The smallest absolute Gasteiger partial charge is 0.252 e. The average molecular weight is 460 g/mol. The first-order valence-electron chi connectivity index (χ1n) is 11.3. The molecule has 2 amide bonds. The maximum absolute atomic E-state index is 13.5. The van der Waals surface area contributed by atoms with Crippen molar-refractivity contribution < 1.29 is 14.0 Å². The summed E-state index contributed by atoms with van der Waals surface area (Å²) in [6, 6.07) is 11.0. The van der Waals surface area contributed by atoms with Crippen molar-refractivity contribution in [3.8, 4) is 11.3 Å². The highest BCUT2D eigenvalue weighted by atomic mass is 16.3. The van der Waals surface area contributed by atoms with Gasteiger partial charge in [-0.05, 0) is 64.4 Å². The molecule has 3 heterocycles. The molecule has 0 radical (unpaired) electrons. The lowest BCUT2D eigenvalue weighted by molar-refractivity contribution is -0.114. The van der Waals surface area contributed by atoms with Crippen LogP contribution in [0.4, 0.5) is 5.69 Å². The van der Waals surface area contributed by atoms with E-state index in [-0.39, 0.29) is 23.9 Å². The van der Waals surface area contributed by atoms with E-state index in [1.165, 1.54) is 6.92 Å². The molecule has 1 aromatic carbocycles. The number of benzene rings is 1. The molecular weight excluding hydrogens is 430 g/mol. The summed E-state index contributed by atoms with van der Waals surface area (Å²) in [7, 11) is 0. The van der Waals surface area contributed by atoms with Gasteiger partial charge in [0.15, 0.2) is 5.65 Å². The highest BCUT2D eigenvalue weighted by molar-refractivity contribution is 6.06. The lowest BCUT2D eigenvalue weighted by Crippen LogP contribution is -2.27. The molecule has 34 heavy (non-hydrogen) atoms. The number of furan rings is 1. The summed E-state index contributed by atoms with van der Waals surface area (Å²) in [5, 5.41) is 11.0. The van der Waals surface area contributed by atoms with Crippen LogP contribution in [0.5, 0.6) is 0 Å². The van der Waals surface area contributed by atoms with Crippen molar-refractivity contribution in [1.29, 1.82) is 0 Å². The van der Waals surface area contributed by atoms with E-state index in [0.717, 1.165) is 22.6 Å². The molecule has 0 aliphatic carbocycles. The fourth-order valence-electron chi connectivity index (χ4n) is 4.05. The standard InChI is InChI=1S/C26H29N5O3/c1-14(2)31-25-23(13-27-31)22(12-24(30-25)21-10-15(3)34-17(21)5)26(33)28-16(4)19-8-7-9-20(11-19)29-18(6)32/h7-14,16H,1-6H3,(H,28,33)(H,29,32). The molecule has 2 N–H and O–H groups in total. The van der Waals surface area contributed by atoms with Crippen LogP contribution in [-0.4, -0.2) is 26.6 Å². The molecule has 0 bridgehead atoms. The first-order valence-corrected chi connectivity index (χ1v) is 11.3. The molecule has 0 spiro atoms. The lowest BCUT2D eigenvalue weighted by atomic mass is 10.0. The number of carbonyl (C=O) groups excluding carboxylic acids is 2. The quantitative estimate of drug-likeness (QED) is 0.405. The number of amides is 2. The molecule has 4 aromatic rings.